The van der Waals surface area contributed by atoms with E-state index < -0.39 is 12.0 Å². The maximum absolute atomic E-state index is 12.1. The topological polar surface area (TPSA) is 69.6 Å². The summed E-state index contributed by atoms with van der Waals surface area (Å²) >= 11 is 0. The summed E-state index contributed by atoms with van der Waals surface area (Å²) in [6.45, 7) is 7.52. The van der Waals surface area contributed by atoms with Crippen LogP contribution in [0.5, 0.6) is 0 Å². The number of hydrogen-bond acceptors (Lipinski definition) is 2. The Morgan fingerprint density at radius 1 is 1.42 bits per heavy atom. The lowest BCUT2D eigenvalue weighted by molar-refractivity contribution is -0.139. The van der Waals surface area contributed by atoms with Gasteiger partial charge in [0, 0.05) is 13.1 Å². The van der Waals surface area contributed by atoms with Crippen LogP contribution in [0, 0.1) is 11.8 Å². The van der Waals surface area contributed by atoms with Gasteiger partial charge in [-0.25, -0.2) is 9.59 Å². The highest BCUT2D eigenvalue weighted by Crippen LogP contribution is 2.19. The zero-order valence-corrected chi connectivity index (χ0v) is 12.2. The average Bonchev–Trinajstić information content (AvgIpc) is 2.37. The maximum Gasteiger partial charge on any atom is 0.326 e. The minimum absolute atomic E-state index is 0.230. The molecule has 0 aromatic heterocycles. The van der Waals surface area contributed by atoms with Gasteiger partial charge in [-0.05, 0) is 31.1 Å². The first-order chi connectivity index (χ1) is 8.93. The Balaban J connectivity index is 2.53. The van der Waals surface area contributed by atoms with Crippen molar-refractivity contribution in [1.29, 1.82) is 0 Å². The molecule has 1 aliphatic rings. The predicted octanol–water partition coefficient (Wildman–Crippen LogP) is 2.32. The minimum Gasteiger partial charge on any atom is -0.480 e. The number of carboxylic acid groups (broad SMARTS) is 1. The highest BCUT2D eigenvalue weighted by molar-refractivity contribution is 5.82. The second-order valence-electron chi connectivity index (χ2n) is 5.83. The molecule has 1 aliphatic heterocycles. The van der Waals surface area contributed by atoms with Crippen molar-refractivity contribution in [3.05, 3.63) is 0 Å². The number of likely N-dealkylation sites (tertiary alicyclic amines) is 1. The molecule has 2 N–H and O–H groups in total. The van der Waals surface area contributed by atoms with Gasteiger partial charge in [0.2, 0.25) is 0 Å². The molecule has 5 nitrogen and oxygen atoms in total. The lowest BCUT2D eigenvalue weighted by Crippen LogP contribution is -2.51. The summed E-state index contributed by atoms with van der Waals surface area (Å²) in [7, 11) is 0. The SMILES string of the molecule is CCC1CCCN(C(=O)N[C@H](CC(C)C)C(=O)O)C1. The van der Waals surface area contributed by atoms with Crippen LogP contribution < -0.4 is 5.32 Å². The molecule has 1 unspecified atom stereocenters. The van der Waals surface area contributed by atoms with Crippen molar-refractivity contribution in [1.82, 2.24) is 10.2 Å². The van der Waals surface area contributed by atoms with E-state index in [9.17, 15) is 9.59 Å². The lowest BCUT2D eigenvalue weighted by Gasteiger charge is -2.33. The van der Waals surface area contributed by atoms with E-state index in [1.807, 2.05) is 13.8 Å². The highest BCUT2D eigenvalue weighted by atomic mass is 16.4. The van der Waals surface area contributed by atoms with Gasteiger partial charge in [-0.15, -0.1) is 0 Å². The van der Waals surface area contributed by atoms with Crippen LogP contribution in [0.1, 0.15) is 46.5 Å². The van der Waals surface area contributed by atoms with E-state index in [0.29, 0.717) is 12.3 Å². The van der Waals surface area contributed by atoms with Gasteiger partial charge in [0.1, 0.15) is 6.04 Å². The Kier molecular flexibility index (Phi) is 6.12. The molecule has 110 valence electrons. The summed E-state index contributed by atoms with van der Waals surface area (Å²) in [5, 5.41) is 11.8. The molecule has 0 spiro atoms. The van der Waals surface area contributed by atoms with E-state index in [1.54, 1.807) is 4.90 Å². The fourth-order valence-corrected chi connectivity index (χ4v) is 2.52. The van der Waals surface area contributed by atoms with Gasteiger partial charge in [-0.1, -0.05) is 27.2 Å². The quantitative estimate of drug-likeness (QED) is 0.805. The maximum atomic E-state index is 12.1. The fraction of sp³-hybridized carbons (Fsp3) is 0.857. The number of amides is 2. The van der Waals surface area contributed by atoms with Gasteiger partial charge in [-0.2, -0.15) is 0 Å². The zero-order chi connectivity index (χ0) is 14.4. The smallest absolute Gasteiger partial charge is 0.326 e. The van der Waals surface area contributed by atoms with Crippen LogP contribution in [0.15, 0.2) is 0 Å². The van der Waals surface area contributed by atoms with E-state index >= 15 is 0 Å². The lowest BCUT2D eigenvalue weighted by atomic mass is 9.96. The van der Waals surface area contributed by atoms with E-state index in [0.717, 1.165) is 32.4 Å². The van der Waals surface area contributed by atoms with Crippen LogP contribution >= 0.6 is 0 Å². The van der Waals surface area contributed by atoms with Crippen LogP contribution in [0.25, 0.3) is 0 Å². The largest absolute Gasteiger partial charge is 0.480 e. The second-order valence-corrected chi connectivity index (χ2v) is 5.83. The number of urea groups is 1. The molecular weight excluding hydrogens is 244 g/mol. The summed E-state index contributed by atoms with van der Waals surface area (Å²) in [5.74, 6) is -0.162. The Hall–Kier alpha value is -1.26. The predicted molar refractivity (Wildman–Crippen MR) is 74.0 cm³/mol. The summed E-state index contributed by atoms with van der Waals surface area (Å²) < 4.78 is 0. The third-order valence-corrected chi connectivity index (χ3v) is 3.69. The monoisotopic (exact) mass is 270 g/mol. The number of rotatable bonds is 5. The first-order valence-corrected chi connectivity index (χ1v) is 7.22. The number of aliphatic carboxylic acids is 1. The summed E-state index contributed by atoms with van der Waals surface area (Å²) in [6.07, 6.45) is 3.70. The minimum atomic E-state index is -0.953. The van der Waals surface area contributed by atoms with E-state index in [4.69, 9.17) is 5.11 Å². The van der Waals surface area contributed by atoms with Gasteiger partial charge in [-0.3, -0.25) is 0 Å². The number of carboxylic acids is 1. The molecule has 0 bridgehead atoms. The number of carbonyl (C=O) groups is 2. The van der Waals surface area contributed by atoms with Crippen LogP contribution in [0.3, 0.4) is 0 Å². The molecule has 1 fully saturated rings. The molecule has 0 saturated carbocycles. The fourth-order valence-electron chi connectivity index (χ4n) is 2.52. The zero-order valence-electron chi connectivity index (χ0n) is 12.2. The first kappa shape index (κ1) is 15.8. The molecular formula is C14H26N2O3. The van der Waals surface area contributed by atoms with Gasteiger partial charge >= 0.3 is 12.0 Å². The van der Waals surface area contributed by atoms with Crippen molar-refractivity contribution < 1.29 is 14.7 Å². The molecule has 1 saturated heterocycles. The van der Waals surface area contributed by atoms with Gasteiger partial charge < -0.3 is 15.3 Å². The van der Waals surface area contributed by atoms with Gasteiger partial charge in [0.15, 0.2) is 0 Å². The normalized spacial score (nSPS) is 21.3. The van der Waals surface area contributed by atoms with Gasteiger partial charge in [0.25, 0.3) is 0 Å². The van der Waals surface area contributed by atoms with Crippen LogP contribution in [0.2, 0.25) is 0 Å². The van der Waals surface area contributed by atoms with Crippen molar-refractivity contribution in [3.63, 3.8) is 0 Å². The first-order valence-electron chi connectivity index (χ1n) is 7.22. The van der Waals surface area contributed by atoms with E-state index in [-0.39, 0.29) is 11.9 Å². The molecule has 1 heterocycles. The van der Waals surface area contributed by atoms with Gasteiger partial charge in [0.05, 0.1) is 0 Å². The molecule has 2 amide bonds. The standard InChI is InChI=1S/C14H26N2O3/c1-4-11-6-5-7-16(9-11)14(19)15-12(13(17)18)8-10(2)3/h10-12H,4-9H2,1-3H3,(H,15,19)(H,17,18)/t11?,12-/m1/s1. The second kappa shape index (κ2) is 7.36. The number of piperidine rings is 1. The molecule has 2 atom stereocenters. The number of hydrogen-bond donors (Lipinski definition) is 2. The van der Waals surface area contributed by atoms with Crippen molar-refractivity contribution in [2.45, 2.75) is 52.5 Å². The van der Waals surface area contributed by atoms with Crippen molar-refractivity contribution in [2.75, 3.05) is 13.1 Å². The summed E-state index contributed by atoms with van der Waals surface area (Å²) in [4.78, 5) is 25.0. The summed E-state index contributed by atoms with van der Waals surface area (Å²) in [5.41, 5.74) is 0. The number of nitrogens with zero attached hydrogens (tertiary/aromatic N) is 1. The third-order valence-electron chi connectivity index (χ3n) is 3.69. The average molecular weight is 270 g/mol. The van der Waals surface area contributed by atoms with Crippen LogP contribution in [0.4, 0.5) is 4.79 Å². The molecule has 19 heavy (non-hydrogen) atoms. The highest BCUT2D eigenvalue weighted by Gasteiger charge is 2.27. The van der Waals surface area contributed by atoms with E-state index in [2.05, 4.69) is 12.2 Å². The number of nitrogens with one attached hydrogen (secondary N) is 1. The van der Waals surface area contributed by atoms with Crippen molar-refractivity contribution in [2.24, 2.45) is 11.8 Å². The molecule has 0 radical (unpaired) electrons. The van der Waals surface area contributed by atoms with Crippen LogP contribution in [-0.2, 0) is 4.79 Å². The van der Waals surface area contributed by atoms with E-state index in [1.165, 1.54) is 0 Å². The molecule has 5 heteroatoms. The van der Waals surface area contributed by atoms with Crippen molar-refractivity contribution in [3.8, 4) is 0 Å². The van der Waals surface area contributed by atoms with Crippen LogP contribution in [-0.4, -0.2) is 41.1 Å². The Bertz CT molecular complexity index is 318. The Morgan fingerprint density at radius 2 is 2.11 bits per heavy atom. The Morgan fingerprint density at radius 3 is 2.63 bits per heavy atom. The summed E-state index contributed by atoms with van der Waals surface area (Å²) in [6, 6.07) is -1.01. The van der Waals surface area contributed by atoms with Crippen molar-refractivity contribution >= 4 is 12.0 Å². The number of carbonyl (C=O) groups excluding carboxylic acids is 1. The molecule has 0 aliphatic carbocycles. The third kappa shape index (κ3) is 5.09. The Labute approximate surface area is 115 Å². The molecule has 1 rings (SSSR count). The molecule has 0 aromatic carbocycles. The molecule has 0 aromatic rings.